The number of anilines is 1. The summed E-state index contributed by atoms with van der Waals surface area (Å²) in [6.07, 6.45) is 1.67. The van der Waals surface area contributed by atoms with Crippen LogP contribution in [-0.4, -0.2) is 17.1 Å². The molecule has 0 aliphatic heterocycles. The van der Waals surface area contributed by atoms with Gasteiger partial charge in [0.25, 0.3) is 0 Å². The summed E-state index contributed by atoms with van der Waals surface area (Å²) < 4.78 is 11.6. The van der Waals surface area contributed by atoms with E-state index in [0.717, 1.165) is 10.0 Å². The van der Waals surface area contributed by atoms with Gasteiger partial charge < -0.3 is 14.9 Å². The van der Waals surface area contributed by atoms with Crippen molar-refractivity contribution in [2.24, 2.45) is 0 Å². The quantitative estimate of drug-likeness (QED) is 0.734. The van der Waals surface area contributed by atoms with Gasteiger partial charge in [-0.25, -0.2) is 4.98 Å². The van der Waals surface area contributed by atoms with E-state index in [1.165, 1.54) is 0 Å². The molecule has 96 valence electrons. The fourth-order valence-corrected chi connectivity index (χ4v) is 2.48. The molecule has 0 bridgehead atoms. The average Bonchev–Trinajstić information content (AvgIpc) is 2.82. The number of aromatic nitrogens is 2. The van der Waals surface area contributed by atoms with Crippen molar-refractivity contribution in [3.63, 3.8) is 0 Å². The first-order chi connectivity index (χ1) is 9.19. The van der Waals surface area contributed by atoms with Crippen LogP contribution in [0.3, 0.4) is 0 Å². The van der Waals surface area contributed by atoms with Crippen LogP contribution in [0.25, 0.3) is 22.7 Å². The van der Waals surface area contributed by atoms with Gasteiger partial charge in [-0.05, 0) is 40.2 Å². The van der Waals surface area contributed by atoms with E-state index >= 15 is 0 Å². The third kappa shape index (κ3) is 2.04. The lowest BCUT2D eigenvalue weighted by Crippen LogP contribution is -1.94. The highest BCUT2D eigenvalue weighted by Crippen LogP contribution is 2.36. The number of methoxy groups -OCH3 is 1. The van der Waals surface area contributed by atoms with Crippen molar-refractivity contribution >= 4 is 32.8 Å². The van der Waals surface area contributed by atoms with Crippen LogP contribution in [0.1, 0.15) is 0 Å². The van der Waals surface area contributed by atoms with Gasteiger partial charge >= 0.3 is 0 Å². The van der Waals surface area contributed by atoms with Gasteiger partial charge in [-0.15, -0.1) is 0 Å². The van der Waals surface area contributed by atoms with Gasteiger partial charge in [0.2, 0.25) is 5.89 Å². The van der Waals surface area contributed by atoms with Crippen LogP contribution in [0, 0.1) is 0 Å². The number of fused-ring (bicyclic) bond motifs is 1. The maximum Gasteiger partial charge on any atom is 0.229 e. The topological polar surface area (TPSA) is 74.2 Å². The van der Waals surface area contributed by atoms with E-state index < -0.39 is 0 Å². The summed E-state index contributed by atoms with van der Waals surface area (Å²) in [5, 5.41) is 0. The summed E-state index contributed by atoms with van der Waals surface area (Å²) in [7, 11) is 1.57. The number of benzene rings is 1. The van der Waals surface area contributed by atoms with E-state index in [1.807, 2.05) is 12.1 Å². The van der Waals surface area contributed by atoms with Crippen LogP contribution in [0.5, 0.6) is 5.75 Å². The highest BCUT2D eigenvalue weighted by atomic mass is 79.9. The molecule has 2 N–H and O–H groups in total. The molecule has 0 atom stereocenters. The Kier molecular flexibility index (Phi) is 2.87. The highest BCUT2D eigenvalue weighted by molar-refractivity contribution is 9.10. The first kappa shape index (κ1) is 12.0. The van der Waals surface area contributed by atoms with E-state index in [1.54, 1.807) is 25.4 Å². The summed E-state index contributed by atoms with van der Waals surface area (Å²) in [6.45, 7) is 0. The molecule has 2 aromatic heterocycles. The molecule has 6 heteroatoms. The van der Waals surface area contributed by atoms with Crippen LogP contribution in [0.2, 0.25) is 0 Å². The molecule has 0 aliphatic rings. The molecular formula is C13H10BrN3O2. The lowest BCUT2D eigenvalue weighted by Gasteiger charge is -2.07. The smallest absolute Gasteiger partial charge is 0.229 e. The van der Waals surface area contributed by atoms with Gasteiger partial charge in [0.05, 0.1) is 17.3 Å². The van der Waals surface area contributed by atoms with Crippen LogP contribution >= 0.6 is 15.9 Å². The summed E-state index contributed by atoms with van der Waals surface area (Å²) >= 11 is 3.41. The normalized spacial score (nSPS) is 10.8. The van der Waals surface area contributed by atoms with Crippen molar-refractivity contribution in [1.82, 2.24) is 9.97 Å². The SMILES string of the molecule is COc1c(N)cc(-c2nc3ncccc3o2)cc1Br. The Morgan fingerprint density at radius 1 is 1.37 bits per heavy atom. The Morgan fingerprint density at radius 3 is 2.89 bits per heavy atom. The number of nitrogens with two attached hydrogens (primary N) is 1. The van der Waals surface area contributed by atoms with E-state index in [4.69, 9.17) is 14.9 Å². The molecule has 3 rings (SSSR count). The largest absolute Gasteiger partial charge is 0.493 e. The predicted molar refractivity (Wildman–Crippen MR) is 75.9 cm³/mol. The fourth-order valence-electron chi connectivity index (χ4n) is 1.85. The van der Waals surface area contributed by atoms with Crippen LogP contribution in [0.4, 0.5) is 5.69 Å². The lowest BCUT2D eigenvalue weighted by molar-refractivity contribution is 0.414. The minimum Gasteiger partial charge on any atom is -0.493 e. The number of nitrogen functional groups attached to an aromatic ring is 1. The van der Waals surface area contributed by atoms with Gasteiger partial charge in [0.1, 0.15) is 0 Å². The monoisotopic (exact) mass is 319 g/mol. The van der Waals surface area contributed by atoms with Gasteiger partial charge in [-0.2, -0.15) is 4.98 Å². The molecular weight excluding hydrogens is 310 g/mol. The number of oxazole rings is 1. The van der Waals surface area contributed by atoms with Crippen molar-refractivity contribution in [2.75, 3.05) is 12.8 Å². The Bertz CT molecular complexity index is 698. The zero-order valence-corrected chi connectivity index (χ0v) is 11.6. The van der Waals surface area contributed by atoms with E-state index in [-0.39, 0.29) is 0 Å². The third-order valence-electron chi connectivity index (χ3n) is 2.69. The maximum absolute atomic E-state index is 5.92. The number of pyridine rings is 1. The molecule has 2 heterocycles. The molecule has 5 nitrogen and oxygen atoms in total. The number of rotatable bonds is 2. The molecule has 0 fully saturated rings. The first-order valence-electron chi connectivity index (χ1n) is 5.54. The molecule has 0 saturated heterocycles. The Labute approximate surface area is 117 Å². The molecule has 0 unspecified atom stereocenters. The number of ether oxygens (including phenoxy) is 1. The number of nitrogens with zero attached hydrogens (tertiary/aromatic N) is 2. The van der Waals surface area contributed by atoms with Crippen LogP contribution in [0.15, 0.2) is 39.4 Å². The molecule has 1 aromatic carbocycles. The molecule has 0 radical (unpaired) electrons. The van der Waals surface area contributed by atoms with E-state index in [9.17, 15) is 0 Å². The second-order valence-electron chi connectivity index (χ2n) is 3.92. The van der Waals surface area contributed by atoms with Crippen LogP contribution in [-0.2, 0) is 0 Å². The van der Waals surface area contributed by atoms with Gasteiger partial charge in [0, 0.05) is 11.8 Å². The number of halogens is 1. The van der Waals surface area contributed by atoms with E-state index in [0.29, 0.717) is 28.6 Å². The molecule has 19 heavy (non-hydrogen) atoms. The molecule has 0 aliphatic carbocycles. The minimum absolute atomic E-state index is 0.476. The number of hydrogen-bond donors (Lipinski definition) is 1. The van der Waals surface area contributed by atoms with E-state index in [2.05, 4.69) is 25.9 Å². The summed E-state index contributed by atoms with van der Waals surface area (Å²) in [5.74, 6) is 1.07. The summed E-state index contributed by atoms with van der Waals surface area (Å²) in [4.78, 5) is 8.46. The highest BCUT2D eigenvalue weighted by Gasteiger charge is 2.13. The molecule has 0 amide bonds. The second kappa shape index (κ2) is 4.55. The van der Waals surface area contributed by atoms with Gasteiger partial charge in [-0.1, -0.05) is 0 Å². The van der Waals surface area contributed by atoms with Gasteiger partial charge in [-0.3, -0.25) is 0 Å². The Morgan fingerprint density at radius 2 is 2.21 bits per heavy atom. The predicted octanol–water partition coefficient (Wildman–Crippen LogP) is 3.24. The zero-order chi connectivity index (χ0) is 13.4. The van der Waals surface area contributed by atoms with Crippen molar-refractivity contribution in [3.8, 4) is 17.2 Å². The maximum atomic E-state index is 5.92. The second-order valence-corrected chi connectivity index (χ2v) is 4.78. The average molecular weight is 320 g/mol. The van der Waals surface area contributed by atoms with Gasteiger partial charge in [0.15, 0.2) is 17.0 Å². The third-order valence-corrected chi connectivity index (χ3v) is 3.28. The molecule has 3 aromatic rings. The Hall–Kier alpha value is -2.08. The lowest BCUT2D eigenvalue weighted by atomic mass is 10.2. The molecule has 0 spiro atoms. The number of hydrogen-bond acceptors (Lipinski definition) is 5. The fraction of sp³-hybridized carbons (Fsp3) is 0.0769. The van der Waals surface area contributed by atoms with Crippen LogP contribution < -0.4 is 10.5 Å². The first-order valence-corrected chi connectivity index (χ1v) is 6.33. The zero-order valence-electron chi connectivity index (χ0n) is 10.1. The Balaban J connectivity index is 2.16. The molecule has 0 saturated carbocycles. The minimum atomic E-state index is 0.476. The van der Waals surface area contributed by atoms with Crippen molar-refractivity contribution < 1.29 is 9.15 Å². The van der Waals surface area contributed by atoms with Crippen molar-refractivity contribution in [2.45, 2.75) is 0 Å². The standard InChI is InChI=1S/C13H10BrN3O2/c1-18-11-8(14)5-7(6-9(11)15)13-17-12-10(19-13)3-2-4-16-12/h2-6H,15H2,1H3. The van der Waals surface area contributed by atoms with Crippen molar-refractivity contribution in [3.05, 3.63) is 34.9 Å². The summed E-state index contributed by atoms with van der Waals surface area (Å²) in [6, 6.07) is 7.23. The summed E-state index contributed by atoms with van der Waals surface area (Å²) in [5.41, 5.74) is 8.42. The van der Waals surface area contributed by atoms with Crippen molar-refractivity contribution in [1.29, 1.82) is 0 Å².